The van der Waals surface area contributed by atoms with Gasteiger partial charge in [-0.05, 0) is 37.0 Å². The number of nitrogens with one attached hydrogen (secondary N) is 1. The van der Waals surface area contributed by atoms with Crippen LogP contribution in [0, 0.1) is 0 Å². The molecule has 1 saturated carbocycles. The molecule has 3 N–H and O–H groups in total. The summed E-state index contributed by atoms with van der Waals surface area (Å²) in [5.74, 6) is 0.0900. The minimum atomic E-state index is -0.176. The van der Waals surface area contributed by atoms with Crippen molar-refractivity contribution in [1.82, 2.24) is 10.3 Å². The first kappa shape index (κ1) is 20.2. The second-order valence-corrected chi connectivity index (χ2v) is 5.56. The third-order valence-corrected chi connectivity index (χ3v) is 3.88. The van der Waals surface area contributed by atoms with Crippen LogP contribution in [0.1, 0.15) is 44.1 Å². The molecule has 0 aliphatic heterocycles. The van der Waals surface area contributed by atoms with Crippen molar-refractivity contribution in [3.63, 3.8) is 0 Å². The van der Waals surface area contributed by atoms with Gasteiger partial charge < -0.3 is 11.1 Å². The van der Waals surface area contributed by atoms with Crippen molar-refractivity contribution >= 4 is 30.7 Å². The lowest BCUT2D eigenvalue weighted by molar-refractivity contribution is -0.121. The van der Waals surface area contributed by atoms with Crippen molar-refractivity contribution in [3.8, 4) is 0 Å². The molecule has 0 aromatic carbocycles. The summed E-state index contributed by atoms with van der Waals surface area (Å²) in [6.45, 7) is 0.613. The van der Waals surface area contributed by atoms with E-state index in [1.807, 2.05) is 12.1 Å². The van der Waals surface area contributed by atoms with Gasteiger partial charge in [-0.15, -0.1) is 24.8 Å². The third kappa shape index (κ3) is 7.11. The van der Waals surface area contributed by atoms with Gasteiger partial charge in [-0.1, -0.05) is 19.3 Å². The van der Waals surface area contributed by atoms with Crippen LogP contribution >= 0.6 is 24.8 Å². The number of aromatic nitrogens is 1. The van der Waals surface area contributed by atoms with Crippen LogP contribution in [-0.2, 0) is 11.2 Å². The van der Waals surface area contributed by atoms with E-state index in [4.69, 9.17) is 5.73 Å². The summed E-state index contributed by atoms with van der Waals surface area (Å²) in [6.07, 6.45) is 10.5. The first-order valence-corrected chi connectivity index (χ1v) is 7.12. The molecule has 1 aromatic heterocycles. The summed E-state index contributed by atoms with van der Waals surface area (Å²) in [5, 5.41) is 2.98. The maximum Gasteiger partial charge on any atom is 0.220 e. The summed E-state index contributed by atoms with van der Waals surface area (Å²) in [6, 6.07) is 3.89. The highest BCUT2D eigenvalue weighted by Crippen LogP contribution is 2.25. The molecule has 6 heteroatoms. The second-order valence-electron chi connectivity index (χ2n) is 5.56. The Morgan fingerprint density at radius 3 is 2.43 bits per heavy atom. The molecule has 0 radical (unpaired) electrons. The summed E-state index contributed by atoms with van der Waals surface area (Å²) in [5.41, 5.74) is 7.26. The summed E-state index contributed by atoms with van der Waals surface area (Å²) < 4.78 is 0. The maximum absolute atomic E-state index is 11.8. The van der Waals surface area contributed by atoms with Crippen LogP contribution in [0.2, 0.25) is 0 Å². The number of halogens is 2. The molecule has 1 aliphatic carbocycles. The zero-order valence-corrected chi connectivity index (χ0v) is 13.8. The van der Waals surface area contributed by atoms with Gasteiger partial charge in [-0.25, -0.2) is 0 Å². The highest BCUT2D eigenvalue weighted by molar-refractivity contribution is 5.85. The summed E-state index contributed by atoms with van der Waals surface area (Å²) >= 11 is 0. The molecule has 0 bridgehead atoms. The second kappa shape index (κ2) is 9.98. The van der Waals surface area contributed by atoms with Crippen molar-refractivity contribution in [2.24, 2.45) is 5.73 Å². The molecule has 1 heterocycles. The number of rotatable bonds is 5. The number of carbonyl (C=O) groups is 1. The van der Waals surface area contributed by atoms with Gasteiger partial charge in [0.1, 0.15) is 0 Å². The fourth-order valence-corrected chi connectivity index (χ4v) is 2.60. The van der Waals surface area contributed by atoms with E-state index in [9.17, 15) is 4.79 Å². The van der Waals surface area contributed by atoms with Gasteiger partial charge >= 0.3 is 0 Å². The van der Waals surface area contributed by atoms with Crippen LogP contribution in [0.5, 0.6) is 0 Å². The smallest absolute Gasteiger partial charge is 0.220 e. The molecule has 1 aliphatic rings. The fraction of sp³-hybridized carbons (Fsp3) is 0.600. The normalized spacial score (nSPS) is 16.2. The lowest BCUT2D eigenvalue weighted by atomic mass is 9.82. The average Bonchev–Trinajstić information content (AvgIpc) is 2.45. The molecule has 21 heavy (non-hydrogen) atoms. The van der Waals surface area contributed by atoms with E-state index in [1.165, 1.54) is 19.3 Å². The largest absolute Gasteiger partial charge is 0.354 e. The third-order valence-electron chi connectivity index (χ3n) is 3.88. The number of nitrogens with zero attached hydrogens (tertiary/aromatic N) is 1. The zero-order valence-electron chi connectivity index (χ0n) is 12.2. The Morgan fingerprint density at radius 2 is 1.81 bits per heavy atom. The molecule has 0 unspecified atom stereocenters. The van der Waals surface area contributed by atoms with Gasteiger partial charge in [0.2, 0.25) is 5.91 Å². The van der Waals surface area contributed by atoms with Crippen LogP contribution in [0.25, 0.3) is 0 Å². The molecule has 4 nitrogen and oxygen atoms in total. The highest BCUT2D eigenvalue weighted by Gasteiger charge is 2.27. The Kier molecular flexibility index (Phi) is 9.58. The molecular weight excluding hydrogens is 309 g/mol. The predicted molar refractivity (Wildman–Crippen MR) is 90.1 cm³/mol. The molecule has 1 amide bonds. The van der Waals surface area contributed by atoms with E-state index < -0.39 is 0 Å². The van der Waals surface area contributed by atoms with Crippen molar-refractivity contribution in [2.45, 2.75) is 50.5 Å². The van der Waals surface area contributed by atoms with Crippen LogP contribution < -0.4 is 11.1 Å². The van der Waals surface area contributed by atoms with E-state index in [0.717, 1.165) is 24.8 Å². The monoisotopic (exact) mass is 333 g/mol. The Bertz CT molecular complexity index is 409. The van der Waals surface area contributed by atoms with Crippen molar-refractivity contribution in [1.29, 1.82) is 0 Å². The number of amides is 1. The molecule has 0 saturated heterocycles. The predicted octanol–water partition coefficient (Wildman–Crippen LogP) is 2.64. The SMILES string of the molecule is Cl.Cl.NC1(CNC(=O)CCc2ccncc2)CCCCC1. The Balaban J connectivity index is 0.00000200. The lowest BCUT2D eigenvalue weighted by Gasteiger charge is -2.33. The Morgan fingerprint density at radius 1 is 1.19 bits per heavy atom. The van der Waals surface area contributed by atoms with Crippen molar-refractivity contribution in [3.05, 3.63) is 30.1 Å². The van der Waals surface area contributed by atoms with Gasteiger partial charge in [0.15, 0.2) is 0 Å². The number of pyridine rings is 1. The van der Waals surface area contributed by atoms with E-state index in [1.54, 1.807) is 12.4 Å². The molecular formula is C15H25Cl2N3O. The number of aryl methyl sites for hydroxylation is 1. The number of nitrogens with two attached hydrogens (primary N) is 1. The Labute approximate surface area is 139 Å². The van der Waals surface area contributed by atoms with E-state index in [-0.39, 0.29) is 36.3 Å². The van der Waals surface area contributed by atoms with E-state index >= 15 is 0 Å². The molecule has 2 rings (SSSR count). The van der Waals surface area contributed by atoms with Gasteiger partial charge in [0, 0.05) is 30.9 Å². The van der Waals surface area contributed by atoms with Crippen molar-refractivity contribution in [2.75, 3.05) is 6.54 Å². The van der Waals surface area contributed by atoms with Crippen LogP contribution in [0.3, 0.4) is 0 Å². The molecule has 1 fully saturated rings. The standard InChI is InChI=1S/C15H23N3O.2ClH/c16-15(8-2-1-3-9-15)12-18-14(19)5-4-13-6-10-17-11-7-13;;/h6-7,10-11H,1-5,8-9,12,16H2,(H,18,19);2*1H. The van der Waals surface area contributed by atoms with Gasteiger partial charge in [-0.3, -0.25) is 9.78 Å². The topological polar surface area (TPSA) is 68.0 Å². The quantitative estimate of drug-likeness (QED) is 0.870. The number of hydrogen-bond acceptors (Lipinski definition) is 3. The average molecular weight is 334 g/mol. The van der Waals surface area contributed by atoms with E-state index in [2.05, 4.69) is 10.3 Å². The minimum Gasteiger partial charge on any atom is -0.354 e. The Hall–Kier alpha value is -0.840. The first-order valence-electron chi connectivity index (χ1n) is 7.12. The highest BCUT2D eigenvalue weighted by atomic mass is 35.5. The molecule has 0 atom stereocenters. The van der Waals surface area contributed by atoms with Gasteiger partial charge in [-0.2, -0.15) is 0 Å². The minimum absolute atomic E-state index is 0. The maximum atomic E-state index is 11.8. The first-order chi connectivity index (χ1) is 9.18. The molecule has 1 aromatic rings. The molecule has 120 valence electrons. The lowest BCUT2D eigenvalue weighted by Crippen LogP contribution is -2.51. The summed E-state index contributed by atoms with van der Waals surface area (Å²) in [4.78, 5) is 15.8. The van der Waals surface area contributed by atoms with Gasteiger partial charge in [0.05, 0.1) is 0 Å². The number of hydrogen-bond donors (Lipinski definition) is 2. The number of carbonyl (C=O) groups excluding carboxylic acids is 1. The van der Waals surface area contributed by atoms with E-state index in [0.29, 0.717) is 13.0 Å². The fourth-order valence-electron chi connectivity index (χ4n) is 2.60. The van der Waals surface area contributed by atoms with Crippen LogP contribution in [0.4, 0.5) is 0 Å². The van der Waals surface area contributed by atoms with Crippen LogP contribution in [0.15, 0.2) is 24.5 Å². The summed E-state index contributed by atoms with van der Waals surface area (Å²) in [7, 11) is 0. The zero-order chi connectivity index (χ0) is 13.6. The molecule has 0 spiro atoms. The van der Waals surface area contributed by atoms with Crippen molar-refractivity contribution < 1.29 is 4.79 Å². The van der Waals surface area contributed by atoms with Crippen LogP contribution in [-0.4, -0.2) is 23.0 Å². The van der Waals surface area contributed by atoms with Gasteiger partial charge in [0.25, 0.3) is 0 Å².